The Bertz CT molecular complexity index is 456. The summed E-state index contributed by atoms with van der Waals surface area (Å²) >= 11 is 0. The van der Waals surface area contributed by atoms with Crippen molar-refractivity contribution in [1.29, 1.82) is 0 Å². The Hall–Kier alpha value is -1.30. The lowest BCUT2D eigenvalue weighted by Crippen LogP contribution is -2.48. The Morgan fingerprint density at radius 1 is 1.17 bits per heavy atom. The van der Waals surface area contributed by atoms with E-state index in [4.69, 9.17) is 4.74 Å². The largest absolute Gasteiger partial charge is 0.494 e. The van der Waals surface area contributed by atoms with Crippen molar-refractivity contribution < 1.29 is 9.84 Å². The van der Waals surface area contributed by atoms with Crippen LogP contribution in [0.2, 0.25) is 0 Å². The summed E-state index contributed by atoms with van der Waals surface area (Å²) < 4.78 is 5.65. The highest BCUT2D eigenvalue weighted by Gasteiger charge is 2.17. The maximum absolute atomic E-state index is 9.42. The van der Waals surface area contributed by atoms with Gasteiger partial charge >= 0.3 is 0 Å². The number of aliphatic hydroxyl groups is 1. The number of ether oxygens (including phenoxy) is 1. The van der Waals surface area contributed by atoms with E-state index in [1.807, 2.05) is 6.92 Å². The van der Waals surface area contributed by atoms with Crippen molar-refractivity contribution in [2.24, 2.45) is 0 Å². The predicted octanol–water partition coefficient (Wildman–Crippen LogP) is 1.91. The number of anilines is 1. The van der Waals surface area contributed by atoms with E-state index >= 15 is 0 Å². The quantitative estimate of drug-likeness (QED) is 0.746. The first-order chi connectivity index (χ1) is 11.6. The topological polar surface area (TPSA) is 39.2 Å². The van der Waals surface area contributed by atoms with Crippen molar-refractivity contribution in [3.8, 4) is 5.75 Å². The van der Waals surface area contributed by atoms with Gasteiger partial charge in [0.05, 0.1) is 12.7 Å². The van der Waals surface area contributed by atoms with Crippen LogP contribution in [0.3, 0.4) is 0 Å². The summed E-state index contributed by atoms with van der Waals surface area (Å²) in [7, 11) is 2.07. The summed E-state index contributed by atoms with van der Waals surface area (Å²) in [6.45, 7) is 11.9. The molecular formula is C19H33N3O2. The van der Waals surface area contributed by atoms with Gasteiger partial charge in [0.15, 0.2) is 0 Å². The molecule has 0 aromatic heterocycles. The fraction of sp³-hybridized carbons (Fsp3) is 0.684. The zero-order valence-electron chi connectivity index (χ0n) is 15.4. The molecule has 1 unspecified atom stereocenters. The SMILES string of the molecule is CCCOc1ccc(N2CCN(CCN(C)CC(C)O)CC2)cc1. The Morgan fingerprint density at radius 2 is 1.83 bits per heavy atom. The third-order valence-corrected chi connectivity index (χ3v) is 4.42. The van der Waals surface area contributed by atoms with E-state index in [1.54, 1.807) is 0 Å². The van der Waals surface area contributed by atoms with Crippen LogP contribution in [0.4, 0.5) is 5.69 Å². The molecule has 1 aromatic rings. The van der Waals surface area contributed by atoms with E-state index in [2.05, 4.69) is 52.9 Å². The third-order valence-electron chi connectivity index (χ3n) is 4.42. The normalized spacial score (nSPS) is 17.3. The van der Waals surface area contributed by atoms with Crippen LogP contribution in [0.1, 0.15) is 20.3 Å². The van der Waals surface area contributed by atoms with Crippen molar-refractivity contribution in [3.63, 3.8) is 0 Å². The van der Waals surface area contributed by atoms with Crippen LogP contribution in [-0.2, 0) is 0 Å². The highest BCUT2D eigenvalue weighted by molar-refractivity contribution is 5.49. The molecule has 1 fully saturated rings. The molecule has 24 heavy (non-hydrogen) atoms. The number of aliphatic hydroxyl groups excluding tert-OH is 1. The second kappa shape index (κ2) is 9.87. The number of rotatable bonds is 9. The molecule has 1 N–H and O–H groups in total. The summed E-state index contributed by atoms with van der Waals surface area (Å²) in [5.41, 5.74) is 1.28. The average Bonchev–Trinajstić information content (AvgIpc) is 2.58. The minimum Gasteiger partial charge on any atom is -0.494 e. The lowest BCUT2D eigenvalue weighted by molar-refractivity contribution is 0.130. The van der Waals surface area contributed by atoms with E-state index in [1.165, 1.54) is 5.69 Å². The van der Waals surface area contributed by atoms with Gasteiger partial charge in [-0.15, -0.1) is 0 Å². The Labute approximate surface area is 146 Å². The monoisotopic (exact) mass is 335 g/mol. The predicted molar refractivity (Wildman–Crippen MR) is 100 cm³/mol. The van der Waals surface area contributed by atoms with Crippen molar-refractivity contribution in [2.75, 3.05) is 64.4 Å². The minimum absolute atomic E-state index is 0.254. The van der Waals surface area contributed by atoms with Crippen molar-refractivity contribution in [1.82, 2.24) is 9.80 Å². The van der Waals surface area contributed by atoms with Crippen LogP contribution < -0.4 is 9.64 Å². The van der Waals surface area contributed by atoms with Crippen LogP contribution in [0.25, 0.3) is 0 Å². The maximum atomic E-state index is 9.42. The molecule has 1 aliphatic heterocycles. The lowest BCUT2D eigenvalue weighted by Gasteiger charge is -2.36. The van der Waals surface area contributed by atoms with E-state index in [0.717, 1.165) is 64.6 Å². The van der Waals surface area contributed by atoms with Gasteiger partial charge in [0, 0.05) is 51.5 Å². The van der Waals surface area contributed by atoms with Crippen LogP contribution in [0, 0.1) is 0 Å². The van der Waals surface area contributed by atoms with Crippen LogP contribution in [0.5, 0.6) is 5.75 Å². The zero-order chi connectivity index (χ0) is 17.4. The third kappa shape index (κ3) is 6.30. The van der Waals surface area contributed by atoms with E-state index in [-0.39, 0.29) is 6.10 Å². The van der Waals surface area contributed by atoms with Gasteiger partial charge in [0.2, 0.25) is 0 Å². The summed E-state index contributed by atoms with van der Waals surface area (Å²) in [6.07, 6.45) is 0.784. The van der Waals surface area contributed by atoms with Crippen LogP contribution in [0.15, 0.2) is 24.3 Å². The van der Waals surface area contributed by atoms with Crippen molar-refractivity contribution >= 4 is 5.69 Å². The van der Waals surface area contributed by atoms with Crippen LogP contribution >= 0.6 is 0 Å². The molecule has 1 aromatic carbocycles. The summed E-state index contributed by atoms with van der Waals surface area (Å²) in [4.78, 5) is 7.15. The highest BCUT2D eigenvalue weighted by atomic mass is 16.5. The van der Waals surface area contributed by atoms with Crippen molar-refractivity contribution in [2.45, 2.75) is 26.4 Å². The summed E-state index contributed by atoms with van der Waals surface area (Å²) in [5, 5.41) is 9.42. The smallest absolute Gasteiger partial charge is 0.119 e. The highest BCUT2D eigenvalue weighted by Crippen LogP contribution is 2.20. The van der Waals surface area contributed by atoms with Gasteiger partial charge in [-0.25, -0.2) is 0 Å². The first-order valence-electron chi connectivity index (χ1n) is 9.15. The standard InChI is InChI=1S/C19H33N3O2/c1-4-15-24-19-7-5-18(6-8-19)22-13-11-21(12-14-22)10-9-20(3)16-17(2)23/h5-8,17,23H,4,9-16H2,1-3H3. The first-order valence-corrected chi connectivity index (χ1v) is 9.15. The van der Waals surface area contributed by atoms with Gasteiger partial charge in [-0.3, -0.25) is 4.90 Å². The number of hydrogen-bond donors (Lipinski definition) is 1. The fourth-order valence-corrected chi connectivity index (χ4v) is 3.06. The molecular weight excluding hydrogens is 302 g/mol. The van der Waals surface area contributed by atoms with Gasteiger partial charge in [0.1, 0.15) is 5.75 Å². The maximum Gasteiger partial charge on any atom is 0.119 e. The van der Waals surface area contributed by atoms with Gasteiger partial charge in [0.25, 0.3) is 0 Å². The molecule has 0 spiro atoms. The number of hydrogen-bond acceptors (Lipinski definition) is 5. The van der Waals surface area contributed by atoms with Gasteiger partial charge in [-0.1, -0.05) is 6.92 Å². The van der Waals surface area contributed by atoms with E-state index in [9.17, 15) is 5.11 Å². The summed E-state index contributed by atoms with van der Waals surface area (Å²) in [6, 6.07) is 8.47. The fourth-order valence-electron chi connectivity index (χ4n) is 3.06. The lowest BCUT2D eigenvalue weighted by atomic mass is 10.2. The molecule has 1 atom stereocenters. The number of likely N-dealkylation sites (N-methyl/N-ethyl adjacent to an activating group) is 1. The Kier molecular flexibility index (Phi) is 7.82. The molecule has 1 aliphatic rings. The van der Waals surface area contributed by atoms with Crippen molar-refractivity contribution in [3.05, 3.63) is 24.3 Å². The summed E-state index contributed by atoms with van der Waals surface area (Å²) in [5.74, 6) is 0.959. The molecule has 0 amide bonds. The molecule has 136 valence electrons. The Balaban J connectivity index is 1.72. The number of benzene rings is 1. The molecule has 5 nitrogen and oxygen atoms in total. The molecule has 5 heteroatoms. The first kappa shape index (κ1) is 19.0. The van der Waals surface area contributed by atoms with Crippen LogP contribution in [-0.4, -0.2) is 80.5 Å². The molecule has 0 aliphatic carbocycles. The van der Waals surface area contributed by atoms with Gasteiger partial charge < -0.3 is 19.6 Å². The molecule has 2 rings (SSSR count). The molecule has 1 heterocycles. The second-order valence-electron chi connectivity index (χ2n) is 6.78. The Morgan fingerprint density at radius 3 is 2.42 bits per heavy atom. The molecule has 1 saturated heterocycles. The zero-order valence-corrected chi connectivity index (χ0v) is 15.4. The molecule has 0 bridgehead atoms. The molecule has 0 saturated carbocycles. The second-order valence-corrected chi connectivity index (χ2v) is 6.78. The van der Waals surface area contributed by atoms with E-state index < -0.39 is 0 Å². The number of piperazine rings is 1. The molecule has 0 radical (unpaired) electrons. The minimum atomic E-state index is -0.254. The average molecular weight is 335 g/mol. The van der Waals surface area contributed by atoms with Gasteiger partial charge in [-0.05, 0) is 44.7 Å². The van der Waals surface area contributed by atoms with E-state index in [0.29, 0.717) is 0 Å². The number of nitrogens with zero attached hydrogens (tertiary/aromatic N) is 3. The van der Waals surface area contributed by atoms with Gasteiger partial charge in [-0.2, -0.15) is 0 Å².